The molecule has 4 rings (SSSR count). The number of carbonyl (C=O) groups excluding carboxylic acids is 2. The van der Waals surface area contributed by atoms with Crippen LogP contribution in [0.5, 0.6) is 11.5 Å². The predicted octanol–water partition coefficient (Wildman–Crippen LogP) is 4.83. The maximum atomic E-state index is 13.2. The van der Waals surface area contributed by atoms with Gasteiger partial charge in [0, 0.05) is 36.1 Å². The molecule has 3 aromatic carbocycles. The molecule has 1 atom stereocenters. The summed E-state index contributed by atoms with van der Waals surface area (Å²) >= 11 is 0. The molecule has 0 aliphatic carbocycles. The van der Waals surface area contributed by atoms with Crippen LogP contribution < -0.4 is 20.1 Å². The van der Waals surface area contributed by atoms with E-state index in [0.717, 1.165) is 11.1 Å². The van der Waals surface area contributed by atoms with Crippen molar-refractivity contribution in [3.63, 3.8) is 0 Å². The van der Waals surface area contributed by atoms with Crippen molar-refractivity contribution in [3.05, 3.63) is 83.7 Å². The van der Waals surface area contributed by atoms with Crippen molar-refractivity contribution >= 4 is 23.3 Å². The number of benzene rings is 3. The number of amides is 3. The maximum absolute atomic E-state index is 13.2. The van der Waals surface area contributed by atoms with Gasteiger partial charge in [-0.1, -0.05) is 18.2 Å². The second-order valence-corrected chi connectivity index (χ2v) is 8.03. The van der Waals surface area contributed by atoms with Crippen LogP contribution in [0.4, 0.5) is 20.6 Å². The van der Waals surface area contributed by atoms with E-state index in [2.05, 4.69) is 10.6 Å². The summed E-state index contributed by atoms with van der Waals surface area (Å²) in [7, 11) is 1.56. The van der Waals surface area contributed by atoms with Crippen LogP contribution in [0.15, 0.2) is 66.7 Å². The quantitative estimate of drug-likeness (QED) is 0.549. The number of fused-ring (bicyclic) bond motifs is 1. The Kier molecular flexibility index (Phi) is 6.96. The molecule has 0 saturated heterocycles. The van der Waals surface area contributed by atoms with Gasteiger partial charge in [-0.25, -0.2) is 9.18 Å². The van der Waals surface area contributed by atoms with E-state index in [4.69, 9.17) is 9.47 Å². The number of hydrogen-bond donors (Lipinski definition) is 2. The van der Waals surface area contributed by atoms with E-state index in [1.807, 2.05) is 0 Å². The highest BCUT2D eigenvalue weighted by atomic mass is 19.1. The zero-order valence-corrected chi connectivity index (χ0v) is 19.0. The second-order valence-electron chi connectivity index (χ2n) is 8.03. The van der Waals surface area contributed by atoms with Crippen LogP contribution in [0, 0.1) is 5.82 Å². The summed E-state index contributed by atoms with van der Waals surface area (Å²) < 4.78 is 24.2. The van der Waals surface area contributed by atoms with Gasteiger partial charge >= 0.3 is 6.03 Å². The van der Waals surface area contributed by atoms with Crippen molar-refractivity contribution < 1.29 is 23.5 Å². The minimum atomic E-state index is -0.635. The summed E-state index contributed by atoms with van der Waals surface area (Å²) in [5.41, 5.74) is 2.90. The smallest absolute Gasteiger partial charge is 0.323 e. The Morgan fingerprint density at radius 2 is 1.82 bits per heavy atom. The van der Waals surface area contributed by atoms with Gasteiger partial charge in [0.25, 0.3) is 5.91 Å². The van der Waals surface area contributed by atoms with Crippen molar-refractivity contribution in [2.45, 2.75) is 26.0 Å². The highest BCUT2D eigenvalue weighted by Gasteiger charge is 2.27. The number of methoxy groups -OCH3 is 1. The third-order valence-electron chi connectivity index (χ3n) is 5.55. The largest absolute Gasteiger partial charge is 0.497 e. The molecule has 176 valence electrons. The lowest BCUT2D eigenvalue weighted by molar-refractivity contribution is -0.137. The van der Waals surface area contributed by atoms with Crippen LogP contribution in [-0.4, -0.2) is 36.6 Å². The summed E-state index contributed by atoms with van der Waals surface area (Å²) in [5, 5.41) is 5.58. The number of anilines is 2. The summed E-state index contributed by atoms with van der Waals surface area (Å²) in [6, 6.07) is 18.2. The van der Waals surface area contributed by atoms with Crippen LogP contribution in [-0.2, 0) is 17.8 Å². The van der Waals surface area contributed by atoms with E-state index in [0.29, 0.717) is 42.4 Å². The molecular formula is C26H26FN3O4. The Bertz CT molecular complexity index is 1180. The Morgan fingerprint density at radius 1 is 1.09 bits per heavy atom. The average Bonchev–Trinajstić information content (AvgIpc) is 2.94. The normalized spacial score (nSPS) is 15.1. The number of ether oxygens (including phenoxy) is 2. The highest BCUT2D eigenvalue weighted by molar-refractivity contribution is 6.00. The molecule has 1 aliphatic rings. The minimum Gasteiger partial charge on any atom is -0.497 e. The van der Waals surface area contributed by atoms with Crippen LogP contribution >= 0.6 is 0 Å². The molecule has 3 aromatic rings. The van der Waals surface area contributed by atoms with Gasteiger partial charge < -0.3 is 25.0 Å². The van der Waals surface area contributed by atoms with Crippen molar-refractivity contribution in [2.24, 2.45) is 0 Å². The number of nitrogens with zero attached hydrogens (tertiary/aromatic N) is 1. The van der Waals surface area contributed by atoms with Crippen molar-refractivity contribution in [1.82, 2.24) is 4.90 Å². The lowest BCUT2D eigenvalue weighted by atomic mass is 10.1. The standard InChI is InChI=1S/C26H26FN3O4/c1-17-25(31)30(13-12-18-6-8-20(27)9-7-18)16-19-14-22(10-11-24(19)34-17)29-26(32)28-21-4-3-5-23(15-21)33-2/h3-11,14-15,17H,12-13,16H2,1-2H3,(H2,28,29,32). The zero-order valence-electron chi connectivity index (χ0n) is 19.0. The molecule has 1 unspecified atom stereocenters. The molecule has 8 heteroatoms. The van der Waals surface area contributed by atoms with Crippen LogP contribution in [0.2, 0.25) is 0 Å². The molecule has 0 fully saturated rings. The van der Waals surface area contributed by atoms with Gasteiger partial charge in [-0.3, -0.25) is 4.79 Å². The molecule has 2 N–H and O–H groups in total. The van der Waals surface area contributed by atoms with Gasteiger partial charge in [0.05, 0.1) is 7.11 Å². The van der Waals surface area contributed by atoms with Gasteiger partial charge in [0.1, 0.15) is 17.3 Å². The Balaban J connectivity index is 1.45. The fraction of sp³-hybridized carbons (Fsp3) is 0.231. The fourth-order valence-corrected chi connectivity index (χ4v) is 3.78. The Labute approximate surface area is 197 Å². The highest BCUT2D eigenvalue weighted by Crippen LogP contribution is 2.29. The summed E-state index contributed by atoms with van der Waals surface area (Å²) in [5.74, 6) is 0.827. The lowest BCUT2D eigenvalue weighted by Crippen LogP contribution is -2.39. The fourth-order valence-electron chi connectivity index (χ4n) is 3.78. The minimum absolute atomic E-state index is 0.122. The topological polar surface area (TPSA) is 79.9 Å². The predicted molar refractivity (Wildman–Crippen MR) is 128 cm³/mol. The van der Waals surface area contributed by atoms with E-state index in [9.17, 15) is 14.0 Å². The van der Waals surface area contributed by atoms with Gasteiger partial charge in [-0.2, -0.15) is 0 Å². The number of hydrogen-bond acceptors (Lipinski definition) is 4. The Hall–Kier alpha value is -4.07. The van der Waals surface area contributed by atoms with E-state index >= 15 is 0 Å². The molecule has 1 aliphatic heterocycles. The second kappa shape index (κ2) is 10.2. The SMILES string of the molecule is COc1cccc(NC(=O)Nc2ccc3c(c2)CN(CCc2ccc(F)cc2)C(=O)C(C)O3)c1. The molecule has 0 spiro atoms. The molecule has 34 heavy (non-hydrogen) atoms. The first-order chi connectivity index (χ1) is 16.4. The first kappa shape index (κ1) is 23.1. The van der Waals surface area contributed by atoms with Crippen LogP contribution in [0.3, 0.4) is 0 Å². The average molecular weight is 464 g/mol. The number of halogens is 1. The monoisotopic (exact) mass is 463 g/mol. The Morgan fingerprint density at radius 3 is 2.56 bits per heavy atom. The van der Waals surface area contributed by atoms with E-state index in [-0.39, 0.29) is 11.7 Å². The van der Waals surface area contributed by atoms with E-state index in [1.165, 1.54) is 12.1 Å². The molecule has 7 nitrogen and oxygen atoms in total. The van der Waals surface area contributed by atoms with Gasteiger partial charge in [-0.15, -0.1) is 0 Å². The third kappa shape index (κ3) is 5.64. The van der Waals surface area contributed by atoms with E-state index < -0.39 is 12.1 Å². The summed E-state index contributed by atoms with van der Waals surface area (Å²) in [4.78, 5) is 27.1. The summed E-state index contributed by atoms with van der Waals surface area (Å²) in [6.07, 6.45) is -0.0424. The van der Waals surface area contributed by atoms with Gasteiger partial charge in [0.15, 0.2) is 6.10 Å². The lowest BCUT2D eigenvalue weighted by Gasteiger charge is -2.22. The van der Waals surface area contributed by atoms with Crippen LogP contribution in [0.25, 0.3) is 0 Å². The summed E-state index contributed by atoms with van der Waals surface area (Å²) in [6.45, 7) is 2.52. The van der Waals surface area contributed by atoms with Crippen LogP contribution in [0.1, 0.15) is 18.1 Å². The first-order valence-corrected chi connectivity index (χ1v) is 11.0. The molecule has 1 heterocycles. The zero-order chi connectivity index (χ0) is 24.1. The molecule has 0 radical (unpaired) electrons. The molecule has 0 aromatic heterocycles. The number of urea groups is 1. The molecule has 3 amide bonds. The van der Waals surface area contributed by atoms with Crippen molar-refractivity contribution in [1.29, 1.82) is 0 Å². The molecular weight excluding hydrogens is 437 g/mol. The maximum Gasteiger partial charge on any atom is 0.323 e. The van der Waals surface area contributed by atoms with Gasteiger partial charge in [0.2, 0.25) is 0 Å². The number of carbonyl (C=O) groups is 2. The van der Waals surface area contributed by atoms with E-state index in [1.54, 1.807) is 73.5 Å². The first-order valence-electron chi connectivity index (χ1n) is 11.0. The van der Waals surface area contributed by atoms with Crippen molar-refractivity contribution in [2.75, 3.05) is 24.3 Å². The number of nitrogens with one attached hydrogen (secondary N) is 2. The van der Waals surface area contributed by atoms with Crippen molar-refractivity contribution in [3.8, 4) is 11.5 Å². The molecule has 0 bridgehead atoms. The molecule has 0 saturated carbocycles. The number of rotatable bonds is 6. The third-order valence-corrected chi connectivity index (χ3v) is 5.55. The van der Waals surface area contributed by atoms with Gasteiger partial charge in [-0.05, 0) is 61.4 Å².